The molecule has 7 nitrogen and oxygen atoms in total. The molecule has 0 spiro atoms. The third-order valence-corrected chi connectivity index (χ3v) is 6.54. The first-order chi connectivity index (χ1) is 14.6. The summed E-state index contributed by atoms with van der Waals surface area (Å²) in [5, 5.41) is 17.2. The number of aryl methyl sites for hydroxylation is 2. The van der Waals surface area contributed by atoms with Crippen LogP contribution in [0.25, 0.3) is 20.8 Å². The van der Waals surface area contributed by atoms with Gasteiger partial charge in [0.2, 0.25) is 5.95 Å². The summed E-state index contributed by atoms with van der Waals surface area (Å²) >= 11 is 1.65. The molecule has 0 aliphatic heterocycles. The first kappa shape index (κ1) is 20.9. The summed E-state index contributed by atoms with van der Waals surface area (Å²) in [7, 11) is 0. The first-order valence-electron chi connectivity index (χ1n) is 10.8. The van der Waals surface area contributed by atoms with Crippen molar-refractivity contribution in [2.45, 2.75) is 58.9 Å². The number of nitrogens with one attached hydrogen (secondary N) is 2. The van der Waals surface area contributed by atoms with E-state index in [1.54, 1.807) is 11.3 Å². The topological polar surface area (TPSA) is 95.8 Å². The van der Waals surface area contributed by atoms with E-state index in [1.807, 2.05) is 20.0 Å². The van der Waals surface area contributed by atoms with Crippen molar-refractivity contribution in [2.75, 3.05) is 23.8 Å². The van der Waals surface area contributed by atoms with E-state index >= 15 is 0 Å². The Kier molecular flexibility index (Phi) is 6.43. The van der Waals surface area contributed by atoms with E-state index in [4.69, 9.17) is 15.0 Å². The van der Waals surface area contributed by atoms with E-state index in [9.17, 15) is 5.11 Å². The van der Waals surface area contributed by atoms with Gasteiger partial charge in [0.05, 0.1) is 22.2 Å². The van der Waals surface area contributed by atoms with Crippen LogP contribution in [0.3, 0.4) is 0 Å². The van der Waals surface area contributed by atoms with Gasteiger partial charge in [0.1, 0.15) is 16.3 Å². The Bertz CT molecular complexity index is 1020. The second kappa shape index (κ2) is 9.22. The second-order valence-corrected chi connectivity index (χ2v) is 9.14. The third-order valence-electron chi connectivity index (χ3n) is 5.51. The van der Waals surface area contributed by atoms with Gasteiger partial charge in [0, 0.05) is 24.9 Å². The second-order valence-electron chi connectivity index (χ2n) is 8.11. The van der Waals surface area contributed by atoms with Crippen molar-refractivity contribution in [3.05, 3.63) is 23.7 Å². The fourth-order valence-corrected chi connectivity index (χ4v) is 4.65. The summed E-state index contributed by atoms with van der Waals surface area (Å²) in [5.41, 5.74) is 3.74. The largest absolute Gasteiger partial charge is 0.396 e. The minimum atomic E-state index is 0.201. The highest BCUT2D eigenvalue weighted by atomic mass is 32.1. The number of fused-ring (bicyclic) bond motifs is 1. The van der Waals surface area contributed by atoms with E-state index in [1.165, 1.54) is 12.8 Å². The van der Waals surface area contributed by atoms with Crippen molar-refractivity contribution in [1.82, 2.24) is 19.9 Å². The lowest BCUT2D eigenvalue weighted by atomic mass is 10.1. The zero-order valence-electron chi connectivity index (χ0n) is 17.9. The van der Waals surface area contributed by atoms with Gasteiger partial charge in [-0.2, -0.15) is 4.98 Å². The maximum Gasteiger partial charge on any atom is 0.224 e. The molecule has 160 valence electrons. The van der Waals surface area contributed by atoms with Crippen molar-refractivity contribution in [1.29, 1.82) is 0 Å². The molecule has 1 aliphatic rings. The average molecular weight is 427 g/mol. The van der Waals surface area contributed by atoms with E-state index in [2.05, 4.69) is 28.6 Å². The predicted molar refractivity (Wildman–Crippen MR) is 123 cm³/mol. The molecular formula is C22H30N6OS. The minimum absolute atomic E-state index is 0.201. The number of thiazole rings is 1. The molecular weight excluding hydrogens is 396 g/mol. The van der Waals surface area contributed by atoms with Crippen LogP contribution in [-0.2, 0) is 0 Å². The molecule has 1 fully saturated rings. The van der Waals surface area contributed by atoms with Crippen LogP contribution in [-0.4, -0.2) is 44.2 Å². The summed E-state index contributed by atoms with van der Waals surface area (Å²) < 4.78 is 1.12. The maximum absolute atomic E-state index is 9.25. The molecule has 0 amide bonds. The molecule has 1 aliphatic carbocycles. The van der Waals surface area contributed by atoms with Crippen molar-refractivity contribution >= 4 is 33.3 Å². The number of rotatable bonds is 10. The Morgan fingerprint density at radius 2 is 2.07 bits per heavy atom. The Balaban J connectivity index is 1.71. The summed E-state index contributed by atoms with van der Waals surface area (Å²) in [6.07, 6.45) is 7.01. The molecule has 30 heavy (non-hydrogen) atoms. The summed E-state index contributed by atoms with van der Waals surface area (Å²) in [5.74, 6) is 2.23. The number of pyridine rings is 1. The van der Waals surface area contributed by atoms with Gasteiger partial charge in [0.25, 0.3) is 0 Å². The Hall–Kier alpha value is -2.32. The number of aliphatic hydroxyl groups is 1. The van der Waals surface area contributed by atoms with Gasteiger partial charge in [-0.05, 0) is 57.9 Å². The first-order valence-corrected chi connectivity index (χ1v) is 11.6. The number of anilines is 2. The fraction of sp³-hybridized carbons (Fsp3) is 0.545. The Morgan fingerprint density at radius 1 is 1.23 bits per heavy atom. The van der Waals surface area contributed by atoms with Gasteiger partial charge in [-0.25, -0.2) is 9.97 Å². The average Bonchev–Trinajstić information content (AvgIpc) is 3.47. The van der Waals surface area contributed by atoms with Crippen LogP contribution >= 0.6 is 11.3 Å². The van der Waals surface area contributed by atoms with E-state index < -0.39 is 0 Å². The predicted octanol–water partition coefficient (Wildman–Crippen LogP) is 4.55. The molecule has 4 rings (SSSR count). The Labute approximate surface area is 181 Å². The zero-order chi connectivity index (χ0) is 21.1. The molecule has 0 aromatic carbocycles. The molecule has 0 bridgehead atoms. The van der Waals surface area contributed by atoms with Gasteiger partial charge < -0.3 is 15.7 Å². The fourth-order valence-electron chi connectivity index (χ4n) is 3.52. The van der Waals surface area contributed by atoms with Crippen LogP contribution in [0.5, 0.6) is 0 Å². The molecule has 1 atom stereocenters. The van der Waals surface area contributed by atoms with Crippen LogP contribution in [0.4, 0.5) is 11.8 Å². The Morgan fingerprint density at radius 3 is 2.80 bits per heavy atom. The van der Waals surface area contributed by atoms with Gasteiger partial charge in [-0.3, -0.25) is 4.98 Å². The van der Waals surface area contributed by atoms with Crippen LogP contribution < -0.4 is 10.6 Å². The van der Waals surface area contributed by atoms with E-state index in [0.29, 0.717) is 5.95 Å². The number of hydrogen-bond acceptors (Lipinski definition) is 8. The van der Waals surface area contributed by atoms with Crippen molar-refractivity contribution < 1.29 is 5.11 Å². The maximum atomic E-state index is 9.25. The van der Waals surface area contributed by atoms with Gasteiger partial charge >= 0.3 is 0 Å². The third kappa shape index (κ3) is 4.87. The SMILES string of the molecule is CCC(CCCO)Nc1nc(NCC2CC2)nc(C)c1-c1nc2cnc(C)cc2s1. The standard InChI is InChI=1S/C22H30N6OS/c1-4-16(6-5-9-29)26-20-19(14(3)25-22(28-20)24-11-15-7-8-15)21-27-17-12-23-13(2)10-18(17)30-21/h10,12,15-16,29H,4-9,11H2,1-3H3,(H2,24,25,26,28). The van der Waals surface area contributed by atoms with Crippen LogP contribution in [0.1, 0.15) is 50.4 Å². The van der Waals surface area contributed by atoms with Crippen molar-refractivity contribution in [3.63, 3.8) is 0 Å². The van der Waals surface area contributed by atoms with Gasteiger partial charge in [-0.1, -0.05) is 6.92 Å². The zero-order valence-corrected chi connectivity index (χ0v) is 18.7. The highest BCUT2D eigenvalue weighted by molar-refractivity contribution is 7.21. The molecule has 3 aromatic rings. The normalized spacial score (nSPS) is 14.8. The molecule has 1 unspecified atom stereocenters. The number of aliphatic hydroxyl groups excluding tert-OH is 1. The lowest BCUT2D eigenvalue weighted by Crippen LogP contribution is -2.21. The summed E-state index contributed by atoms with van der Waals surface area (Å²) in [4.78, 5) is 18.8. The van der Waals surface area contributed by atoms with Crippen molar-refractivity contribution in [2.24, 2.45) is 5.92 Å². The molecule has 8 heteroatoms. The number of aromatic nitrogens is 4. The molecule has 1 saturated carbocycles. The monoisotopic (exact) mass is 426 g/mol. The number of hydrogen-bond donors (Lipinski definition) is 3. The highest BCUT2D eigenvalue weighted by Gasteiger charge is 2.23. The summed E-state index contributed by atoms with van der Waals surface area (Å²) in [6.45, 7) is 7.29. The molecule has 3 heterocycles. The van der Waals surface area contributed by atoms with Gasteiger partial charge in [0.15, 0.2) is 0 Å². The summed E-state index contributed by atoms with van der Waals surface area (Å²) in [6, 6.07) is 2.31. The quantitative estimate of drug-likeness (QED) is 0.438. The van der Waals surface area contributed by atoms with E-state index in [0.717, 1.165) is 69.7 Å². The van der Waals surface area contributed by atoms with Crippen LogP contribution in [0, 0.1) is 19.8 Å². The highest BCUT2D eigenvalue weighted by Crippen LogP contribution is 2.37. The van der Waals surface area contributed by atoms with E-state index in [-0.39, 0.29) is 12.6 Å². The van der Waals surface area contributed by atoms with Gasteiger partial charge in [-0.15, -0.1) is 11.3 Å². The molecule has 3 aromatic heterocycles. The molecule has 0 radical (unpaired) electrons. The smallest absolute Gasteiger partial charge is 0.224 e. The molecule has 3 N–H and O–H groups in total. The van der Waals surface area contributed by atoms with Crippen LogP contribution in [0.2, 0.25) is 0 Å². The lowest BCUT2D eigenvalue weighted by Gasteiger charge is -2.20. The lowest BCUT2D eigenvalue weighted by molar-refractivity contribution is 0.280. The molecule has 0 saturated heterocycles. The number of nitrogens with zero attached hydrogens (tertiary/aromatic N) is 4. The van der Waals surface area contributed by atoms with Crippen LogP contribution in [0.15, 0.2) is 12.3 Å². The minimum Gasteiger partial charge on any atom is -0.396 e. The van der Waals surface area contributed by atoms with Crippen molar-refractivity contribution in [3.8, 4) is 10.6 Å².